The minimum absolute atomic E-state index is 0.0722. The number of benzene rings is 5. The Morgan fingerprint density at radius 2 is 1.49 bits per heavy atom. The van der Waals surface area contributed by atoms with E-state index in [4.69, 9.17) is 4.99 Å². The highest BCUT2D eigenvalue weighted by molar-refractivity contribution is 7.26. The van der Waals surface area contributed by atoms with Crippen molar-refractivity contribution in [3.63, 3.8) is 0 Å². The van der Waals surface area contributed by atoms with Crippen molar-refractivity contribution in [2.24, 2.45) is 9.98 Å². The van der Waals surface area contributed by atoms with Crippen molar-refractivity contribution in [1.82, 2.24) is 4.57 Å². The third kappa shape index (κ3) is 3.70. The fourth-order valence-corrected chi connectivity index (χ4v) is 6.99. The van der Waals surface area contributed by atoms with Gasteiger partial charge < -0.3 is 19.9 Å². The van der Waals surface area contributed by atoms with E-state index < -0.39 is 0 Å². The van der Waals surface area contributed by atoms with Crippen LogP contribution in [-0.4, -0.2) is 32.4 Å². The highest BCUT2D eigenvalue weighted by atomic mass is 32.1. The van der Waals surface area contributed by atoms with Gasteiger partial charge in [0.2, 0.25) is 0 Å². The molecule has 0 spiro atoms. The van der Waals surface area contributed by atoms with E-state index in [2.05, 4.69) is 48.1 Å². The molecule has 5 aromatic carbocycles. The van der Waals surface area contributed by atoms with Crippen LogP contribution < -0.4 is 0 Å². The van der Waals surface area contributed by atoms with E-state index in [1.165, 1.54) is 0 Å². The minimum atomic E-state index is -0.356. The number of thiophene rings is 1. The number of phenolic OH excluding ortho intramolecular Hbond substituents is 3. The predicted octanol–water partition coefficient (Wildman–Crippen LogP) is 8.36. The summed E-state index contributed by atoms with van der Waals surface area (Å²) in [7, 11) is 0. The lowest BCUT2D eigenvalue weighted by Crippen LogP contribution is -2.02. The quantitative estimate of drug-likeness (QED) is 0.0882. The van der Waals surface area contributed by atoms with Gasteiger partial charge in [0.05, 0.1) is 10.9 Å². The van der Waals surface area contributed by atoms with Crippen molar-refractivity contribution in [1.29, 1.82) is 0 Å². The Labute approximate surface area is 239 Å². The Balaban J connectivity index is 1.61. The number of phenols is 3. The summed E-state index contributed by atoms with van der Waals surface area (Å²) in [5.41, 5.74) is 4.42. The molecule has 6 nitrogen and oxygen atoms in total. The molecule has 200 valence electrons. The number of hydrogen-bond donors (Lipinski definition) is 3. The Morgan fingerprint density at radius 1 is 0.756 bits per heavy atom. The van der Waals surface area contributed by atoms with Crippen molar-refractivity contribution < 1.29 is 15.3 Å². The maximum Gasteiger partial charge on any atom is 0.183 e. The molecule has 0 amide bonds. The molecular formula is C34H25N3O3S. The normalized spacial score (nSPS) is 12.2. The zero-order chi connectivity index (χ0) is 28.2. The van der Waals surface area contributed by atoms with Crippen LogP contribution in [0.2, 0.25) is 0 Å². The van der Waals surface area contributed by atoms with Gasteiger partial charge in [-0.05, 0) is 30.8 Å². The molecule has 0 bridgehead atoms. The van der Waals surface area contributed by atoms with Crippen molar-refractivity contribution in [2.75, 3.05) is 0 Å². The lowest BCUT2D eigenvalue weighted by molar-refractivity contribution is 0.396. The molecule has 0 saturated carbocycles. The monoisotopic (exact) mass is 555 g/mol. The summed E-state index contributed by atoms with van der Waals surface area (Å²) in [6, 6.07) is 30.2. The van der Waals surface area contributed by atoms with Crippen LogP contribution in [0.3, 0.4) is 0 Å². The summed E-state index contributed by atoms with van der Waals surface area (Å²) >= 11 is 1.70. The lowest BCUT2D eigenvalue weighted by atomic mass is 10.0. The third-order valence-electron chi connectivity index (χ3n) is 7.71. The van der Waals surface area contributed by atoms with E-state index in [-0.39, 0.29) is 29.5 Å². The van der Waals surface area contributed by atoms with Gasteiger partial charge in [-0.1, -0.05) is 84.9 Å². The first-order chi connectivity index (χ1) is 20.0. The maximum atomic E-state index is 11.3. The van der Waals surface area contributed by atoms with E-state index in [0.717, 1.165) is 47.8 Å². The second-order valence-electron chi connectivity index (χ2n) is 9.95. The number of aliphatic imine (C=N–C) groups is 2. The van der Waals surface area contributed by atoms with Gasteiger partial charge in [-0.2, -0.15) is 0 Å². The molecular weight excluding hydrogens is 530 g/mol. The maximum absolute atomic E-state index is 11.3. The molecule has 0 radical (unpaired) electrons. The largest absolute Gasteiger partial charge is 0.507 e. The number of aromatic hydroxyl groups is 3. The van der Waals surface area contributed by atoms with Crippen LogP contribution in [0, 0.1) is 6.92 Å². The van der Waals surface area contributed by atoms with Crippen molar-refractivity contribution in [2.45, 2.75) is 13.6 Å². The van der Waals surface area contributed by atoms with E-state index in [9.17, 15) is 15.3 Å². The summed E-state index contributed by atoms with van der Waals surface area (Å²) in [6.45, 7) is 5.39. The van der Waals surface area contributed by atoms with Crippen LogP contribution in [-0.2, 0) is 6.67 Å². The van der Waals surface area contributed by atoms with Gasteiger partial charge in [-0.25, -0.2) is 9.98 Å². The van der Waals surface area contributed by atoms with Gasteiger partial charge in [0.25, 0.3) is 0 Å². The van der Waals surface area contributed by atoms with Crippen LogP contribution in [0.1, 0.15) is 11.1 Å². The molecule has 2 heterocycles. The number of nitrogens with zero attached hydrogens (tertiary/aromatic N) is 3. The smallest absolute Gasteiger partial charge is 0.183 e. The number of hydrogen-bond acceptors (Lipinski definition) is 5. The number of aromatic nitrogens is 1. The van der Waals surface area contributed by atoms with Gasteiger partial charge in [0, 0.05) is 36.7 Å². The second-order valence-corrected chi connectivity index (χ2v) is 11.0. The van der Waals surface area contributed by atoms with Crippen LogP contribution in [0.25, 0.3) is 53.1 Å². The average Bonchev–Trinajstić information content (AvgIpc) is 3.56. The average molecular weight is 556 g/mol. The first kappa shape index (κ1) is 24.9. The van der Waals surface area contributed by atoms with E-state index in [0.29, 0.717) is 16.7 Å². The van der Waals surface area contributed by atoms with Crippen LogP contribution >= 0.6 is 11.3 Å². The molecule has 2 aromatic heterocycles. The molecule has 41 heavy (non-hydrogen) atoms. The molecule has 7 rings (SSSR count). The number of fused-ring (bicyclic) bond motifs is 7. The van der Waals surface area contributed by atoms with E-state index >= 15 is 0 Å². The summed E-state index contributed by atoms with van der Waals surface area (Å²) in [4.78, 5) is 8.96. The van der Waals surface area contributed by atoms with E-state index in [1.54, 1.807) is 18.3 Å². The zero-order valence-corrected chi connectivity index (χ0v) is 23.0. The molecule has 0 fully saturated rings. The standard InChI is InChI=1S/C34H25N3O3S/c1-19-30(38)27-23-16-17-25-26(24-15-9-14-22(33(24)41-25)20-10-5-3-6-11-20)28(23)37(29(27)32(40)31(19)39)18-36-34(35-2)21-12-7-4-8-13-21/h3-17,38-40H,2,18H2,1H3/b36-34-. The highest BCUT2D eigenvalue weighted by Crippen LogP contribution is 2.51. The van der Waals surface area contributed by atoms with Crippen LogP contribution in [0.5, 0.6) is 17.2 Å². The molecule has 3 N–H and O–H groups in total. The van der Waals surface area contributed by atoms with Crippen molar-refractivity contribution in [3.8, 4) is 28.4 Å². The Morgan fingerprint density at radius 3 is 2.22 bits per heavy atom. The molecule has 7 heteroatoms. The Hall–Kier alpha value is -5.14. The van der Waals surface area contributed by atoms with Gasteiger partial charge in [-0.3, -0.25) is 0 Å². The predicted molar refractivity (Wildman–Crippen MR) is 170 cm³/mol. The first-order valence-electron chi connectivity index (χ1n) is 13.1. The fraction of sp³-hybridized carbons (Fsp3) is 0.0588. The summed E-state index contributed by atoms with van der Waals surface area (Å²) in [5, 5.41) is 36.6. The van der Waals surface area contributed by atoms with Crippen LogP contribution in [0.4, 0.5) is 0 Å². The van der Waals surface area contributed by atoms with Gasteiger partial charge in [0.15, 0.2) is 17.3 Å². The summed E-state index contributed by atoms with van der Waals surface area (Å²) < 4.78 is 4.07. The third-order valence-corrected chi connectivity index (χ3v) is 8.91. The summed E-state index contributed by atoms with van der Waals surface area (Å²) in [6.07, 6.45) is 0. The summed E-state index contributed by atoms with van der Waals surface area (Å²) in [5.74, 6) is -0.274. The van der Waals surface area contributed by atoms with Crippen LogP contribution in [0.15, 0.2) is 101 Å². The first-order valence-corrected chi connectivity index (χ1v) is 14.0. The Bertz CT molecular complexity index is 2180. The van der Waals surface area contributed by atoms with Crippen molar-refractivity contribution in [3.05, 3.63) is 102 Å². The fourth-order valence-electron chi connectivity index (χ4n) is 5.75. The molecule has 0 unspecified atom stereocenters. The van der Waals surface area contributed by atoms with Crippen molar-refractivity contribution >= 4 is 65.9 Å². The molecule has 0 aliphatic heterocycles. The zero-order valence-electron chi connectivity index (χ0n) is 22.2. The lowest BCUT2D eigenvalue weighted by Gasteiger charge is -2.11. The van der Waals surface area contributed by atoms with Gasteiger partial charge in [0.1, 0.15) is 17.9 Å². The second kappa shape index (κ2) is 9.50. The molecule has 7 aromatic rings. The molecule has 0 aliphatic carbocycles. The van der Waals surface area contributed by atoms with Gasteiger partial charge >= 0.3 is 0 Å². The SMILES string of the molecule is C=N/C(=N\Cn1c2c(O)c(O)c(C)c(O)c2c2ccc3sc4c(-c5ccccc5)cccc4c3c21)c1ccccc1. The van der Waals surface area contributed by atoms with Gasteiger partial charge in [-0.15, -0.1) is 11.3 Å². The van der Waals surface area contributed by atoms with E-state index in [1.807, 2.05) is 59.2 Å². The molecule has 0 atom stereocenters. The number of rotatable bonds is 4. The highest BCUT2D eigenvalue weighted by Gasteiger charge is 2.25. The number of amidine groups is 1. The Kier molecular flexibility index (Phi) is 5.76. The minimum Gasteiger partial charge on any atom is -0.507 e. The topological polar surface area (TPSA) is 90.3 Å². The molecule has 0 aliphatic rings. The molecule has 0 saturated heterocycles.